The van der Waals surface area contributed by atoms with Crippen molar-refractivity contribution in [2.24, 2.45) is 0 Å². The van der Waals surface area contributed by atoms with E-state index in [1.165, 1.54) is 10.7 Å². The molecule has 2 aromatic heterocycles. The van der Waals surface area contributed by atoms with E-state index >= 15 is 0 Å². The average Bonchev–Trinajstić information content (AvgIpc) is 2.92. The number of hydrogen-bond acceptors (Lipinski definition) is 4. The number of benzene rings is 1. The highest BCUT2D eigenvalue weighted by Crippen LogP contribution is 2.24. The first-order valence-corrected chi connectivity index (χ1v) is 6.33. The lowest BCUT2D eigenvalue weighted by Gasteiger charge is -2.07. The maximum absolute atomic E-state index is 11.2. The molecule has 3 aromatic rings. The van der Waals surface area contributed by atoms with Gasteiger partial charge in [0, 0.05) is 5.56 Å². The summed E-state index contributed by atoms with van der Waals surface area (Å²) in [4.78, 5) is 15.3. The van der Waals surface area contributed by atoms with Gasteiger partial charge in [0.25, 0.3) is 0 Å². The summed E-state index contributed by atoms with van der Waals surface area (Å²) in [6.45, 7) is 1.87. The van der Waals surface area contributed by atoms with E-state index in [-0.39, 0.29) is 5.69 Å². The Hall–Kier alpha value is -2.89. The maximum atomic E-state index is 11.2. The van der Waals surface area contributed by atoms with Gasteiger partial charge in [0.05, 0.1) is 19.0 Å². The second-order valence-electron chi connectivity index (χ2n) is 4.63. The first-order chi connectivity index (χ1) is 10.1. The van der Waals surface area contributed by atoms with Crippen molar-refractivity contribution in [3.05, 3.63) is 47.8 Å². The van der Waals surface area contributed by atoms with Gasteiger partial charge in [-0.1, -0.05) is 12.1 Å². The highest BCUT2D eigenvalue weighted by atomic mass is 16.5. The molecule has 0 saturated heterocycles. The third-order valence-electron chi connectivity index (χ3n) is 3.24. The lowest BCUT2D eigenvalue weighted by Crippen LogP contribution is -2.06. The van der Waals surface area contributed by atoms with Crippen LogP contribution in [0.3, 0.4) is 0 Å². The summed E-state index contributed by atoms with van der Waals surface area (Å²) in [5, 5.41) is 13.6. The van der Waals surface area contributed by atoms with Crippen LogP contribution in [0, 0.1) is 6.92 Å². The number of imidazole rings is 1. The van der Waals surface area contributed by atoms with Gasteiger partial charge in [0.2, 0.25) is 0 Å². The van der Waals surface area contributed by atoms with Crippen LogP contribution < -0.4 is 4.74 Å². The molecule has 0 spiro atoms. The fourth-order valence-corrected chi connectivity index (χ4v) is 2.19. The molecule has 0 aliphatic heterocycles. The van der Waals surface area contributed by atoms with E-state index in [1.54, 1.807) is 7.11 Å². The first kappa shape index (κ1) is 13.1. The van der Waals surface area contributed by atoms with E-state index in [9.17, 15) is 9.90 Å². The second kappa shape index (κ2) is 4.90. The van der Waals surface area contributed by atoms with Crippen molar-refractivity contribution >= 4 is 11.6 Å². The van der Waals surface area contributed by atoms with Gasteiger partial charge >= 0.3 is 5.97 Å². The first-order valence-electron chi connectivity index (χ1n) is 6.33. The van der Waals surface area contributed by atoms with Crippen LogP contribution in [-0.2, 0) is 0 Å². The third-order valence-corrected chi connectivity index (χ3v) is 3.24. The van der Waals surface area contributed by atoms with Gasteiger partial charge < -0.3 is 9.84 Å². The molecule has 1 N–H and O–H groups in total. The van der Waals surface area contributed by atoms with Gasteiger partial charge in [-0.15, -0.1) is 0 Å². The van der Waals surface area contributed by atoms with Gasteiger partial charge in [-0.2, -0.15) is 5.10 Å². The summed E-state index contributed by atoms with van der Waals surface area (Å²) in [7, 11) is 1.60. The number of aromatic carboxylic acids is 1. The summed E-state index contributed by atoms with van der Waals surface area (Å²) in [6, 6.07) is 9.33. The zero-order valence-corrected chi connectivity index (χ0v) is 11.6. The number of carboxylic acids is 1. The van der Waals surface area contributed by atoms with Gasteiger partial charge in [-0.25, -0.2) is 14.3 Å². The summed E-state index contributed by atoms with van der Waals surface area (Å²) < 4.78 is 6.55. The molecule has 0 aliphatic carbocycles. The summed E-state index contributed by atoms with van der Waals surface area (Å²) in [6.07, 6.45) is 1.31. The van der Waals surface area contributed by atoms with Crippen molar-refractivity contribution in [1.29, 1.82) is 0 Å². The number of aromatic nitrogens is 3. The summed E-state index contributed by atoms with van der Waals surface area (Å²) in [5.74, 6) is -0.340. The molecule has 0 atom stereocenters. The minimum Gasteiger partial charge on any atom is -0.497 e. The molecule has 0 aliphatic rings. The Bertz CT molecular complexity index is 839. The van der Waals surface area contributed by atoms with Crippen LogP contribution >= 0.6 is 0 Å². The molecular formula is C15H13N3O3. The van der Waals surface area contributed by atoms with Gasteiger partial charge in [0.15, 0.2) is 11.3 Å². The fourth-order valence-electron chi connectivity index (χ4n) is 2.19. The number of carboxylic acid groups (broad SMARTS) is 1. The predicted molar refractivity (Wildman–Crippen MR) is 76.7 cm³/mol. The van der Waals surface area contributed by atoms with Crippen LogP contribution in [0.15, 0.2) is 36.5 Å². The van der Waals surface area contributed by atoms with E-state index in [1.807, 2.05) is 37.3 Å². The molecule has 3 rings (SSSR count). The molecule has 0 radical (unpaired) electrons. The van der Waals surface area contributed by atoms with Crippen LogP contribution in [0.4, 0.5) is 0 Å². The molecule has 0 fully saturated rings. The monoisotopic (exact) mass is 283 g/mol. The van der Waals surface area contributed by atoms with E-state index < -0.39 is 5.97 Å². The van der Waals surface area contributed by atoms with Crippen LogP contribution in [0.2, 0.25) is 0 Å². The number of aryl methyl sites for hydroxylation is 1. The number of hydrogen-bond donors (Lipinski definition) is 1. The topological polar surface area (TPSA) is 76.7 Å². The number of nitrogens with zero attached hydrogens (tertiary/aromatic N) is 3. The maximum Gasteiger partial charge on any atom is 0.356 e. The van der Waals surface area contributed by atoms with Crippen LogP contribution in [0.25, 0.3) is 16.9 Å². The molecular weight excluding hydrogens is 270 g/mol. The molecule has 0 amide bonds. The van der Waals surface area contributed by atoms with Crippen molar-refractivity contribution in [2.45, 2.75) is 6.92 Å². The minimum atomic E-state index is -1.06. The van der Waals surface area contributed by atoms with Gasteiger partial charge in [-0.05, 0) is 30.7 Å². The Kier molecular flexibility index (Phi) is 3.06. The van der Waals surface area contributed by atoms with Crippen molar-refractivity contribution in [3.63, 3.8) is 0 Å². The Morgan fingerprint density at radius 3 is 2.86 bits per heavy atom. The second-order valence-corrected chi connectivity index (χ2v) is 4.63. The fraction of sp³-hybridized carbons (Fsp3) is 0.133. The highest BCUT2D eigenvalue weighted by molar-refractivity contribution is 5.86. The molecule has 21 heavy (non-hydrogen) atoms. The normalized spacial score (nSPS) is 10.8. The molecule has 0 unspecified atom stereocenters. The van der Waals surface area contributed by atoms with E-state index in [2.05, 4.69) is 10.1 Å². The summed E-state index contributed by atoms with van der Waals surface area (Å²) in [5.41, 5.74) is 2.95. The average molecular weight is 283 g/mol. The van der Waals surface area contributed by atoms with Crippen LogP contribution in [-0.4, -0.2) is 32.8 Å². The lowest BCUT2D eigenvalue weighted by molar-refractivity contribution is 0.0688. The molecule has 6 heteroatoms. The number of methoxy groups -OCH3 is 1. The zero-order chi connectivity index (χ0) is 15.0. The Morgan fingerprint density at radius 2 is 2.14 bits per heavy atom. The highest BCUT2D eigenvalue weighted by Gasteiger charge is 2.14. The van der Waals surface area contributed by atoms with Gasteiger partial charge in [0.1, 0.15) is 5.75 Å². The Morgan fingerprint density at radius 1 is 1.33 bits per heavy atom. The molecule has 2 heterocycles. The molecule has 1 aromatic carbocycles. The number of ether oxygens (including phenoxy) is 1. The predicted octanol–water partition coefficient (Wildman–Crippen LogP) is 2.41. The largest absolute Gasteiger partial charge is 0.497 e. The van der Waals surface area contributed by atoms with Crippen LogP contribution in [0.5, 0.6) is 5.75 Å². The van der Waals surface area contributed by atoms with Crippen molar-refractivity contribution in [2.75, 3.05) is 7.11 Å². The minimum absolute atomic E-state index is 0.0397. The molecule has 0 bridgehead atoms. The standard InChI is InChI=1S/C15H13N3O3/c1-9-6-12(10-4-3-5-11(7-10)21-2)17-18-13(15(19)20)8-16-14(9)18/h3-8H,1-2H3,(H,19,20). The zero-order valence-electron chi connectivity index (χ0n) is 11.6. The van der Waals surface area contributed by atoms with Crippen molar-refractivity contribution in [3.8, 4) is 17.0 Å². The quantitative estimate of drug-likeness (QED) is 0.798. The Labute approximate surface area is 120 Å². The van der Waals surface area contributed by atoms with E-state index in [4.69, 9.17) is 4.74 Å². The number of fused-ring (bicyclic) bond motifs is 1. The Balaban J connectivity index is 2.23. The van der Waals surface area contributed by atoms with Gasteiger partial charge in [-0.3, -0.25) is 0 Å². The lowest BCUT2D eigenvalue weighted by atomic mass is 10.1. The SMILES string of the molecule is COc1cccc(-c2cc(C)c3ncc(C(=O)O)n3n2)c1. The number of rotatable bonds is 3. The number of carbonyl (C=O) groups is 1. The molecule has 0 saturated carbocycles. The molecule has 6 nitrogen and oxygen atoms in total. The van der Waals surface area contributed by atoms with Crippen molar-refractivity contribution in [1.82, 2.24) is 14.6 Å². The van der Waals surface area contributed by atoms with Crippen molar-refractivity contribution < 1.29 is 14.6 Å². The molecule has 106 valence electrons. The summed E-state index contributed by atoms with van der Waals surface area (Å²) >= 11 is 0. The van der Waals surface area contributed by atoms with Crippen LogP contribution in [0.1, 0.15) is 16.1 Å². The smallest absolute Gasteiger partial charge is 0.356 e. The van der Waals surface area contributed by atoms with E-state index in [0.717, 1.165) is 16.9 Å². The third kappa shape index (κ3) is 2.20. The van der Waals surface area contributed by atoms with E-state index in [0.29, 0.717) is 11.3 Å².